The summed E-state index contributed by atoms with van der Waals surface area (Å²) >= 11 is 0. The summed E-state index contributed by atoms with van der Waals surface area (Å²) in [4.78, 5) is 11.2. The number of carbonyl (C=O) groups is 1. The van der Waals surface area contributed by atoms with Crippen molar-refractivity contribution >= 4 is 15.7 Å². The van der Waals surface area contributed by atoms with Crippen LogP contribution in [0, 0.1) is 17.8 Å². The Morgan fingerprint density at radius 2 is 1.39 bits per heavy atom. The fourth-order valence-corrected chi connectivity index (χ4v) is 4.27. The van der Waals surface area contributed by atoms with Crippen LogP contribution in [0.25, 0.3) is 0 Å². The average molecular weight is 270 g/mol. The maximum Gasteiger partial charge on any atom is 0.323 e. The summed E-state index contributed by atoms with van der Waals surface area (Å²) in [5.74, 6) is 1.26. The Balaban J connectivity index is 1.79. The monoisotopic (exact) mass is 270 g/mol. The highest BCUT2D eigenvalue weighted by Gasteiger charge is 2.59. The van der Waals surface area contributed by atoms with Crippen LogP contribution in [-0.4, -0.2) is 55.4 Å². The van der Waals surface area contributed by atoms with E-state index in [1.807, 2.05) is 0 Å². The first-order chi connectivity index (χ1) is 8.73. The Labute approximate surface area is 109 Å². The van der Waals surface area contributed by atoms with Crippen LogP contribution in [0.3, 0.4) is 0 Å². The Morgan fingerprint density at radius 3 is 1.61 bits per heavy atom. The molecule has 18 heavy (non-hydrogen) atoms. The van der Waals surface area contributed by atoms with Gasteiger partial charge in [-0.2, -0.15) is 0 Å². The van der Waals surface area contributed by atoms with E-state index in [4.69, 9.17) is 18.6 Å². The van der Waals surface area contributed by atoms with Crippen molar-refractivity contribution in [2.45, 2.75) is 12.0 Å². The molecule has 3 rings (SSSR count). The minimum Gasteiger partial charge on any atom is -0.516 e. The molecule has 0 aromatic rings. The molecule has 100 valence electrons. The molecule has 0 N–H and O–H groups in total. The molecule has 0 aliphatic carbocycles. The second kappa shape index (κ2) is 4.92. The Kier molecular flexibility index (Phi) is 3.44. The molecular weight excluding hydrogens is 252 g/mol. The van der Waals surface area contributed by atoms with Crippen LogP contribution in [0.1, 0.15) is 6.92 Å². The first kappa shape index (κ1) is 12.6. The largest absolute Gasteiger partial charge is 0.516 e. The third-order valence-electron chi connectivity index (χ3n) is 4.31. The second-order valence-electron chi connectivity index (χ2n) is 5.33. The molecule has 0 saturated carbocycles. The van der Waals surface area contributed by atoms with Gasteiger partial charge in [-0.3, -0.25) is 4.79 Å². The van der Waals surface area contributed by atoms with Gasteiger partial charge in [0.05, 0.1) is 39.6 Å². The molecule has 0 aromatic carbocycles. The van der Waals surface area contributed by atoms with Crippen LogP contribution in [-0.2, 0) is 23.4 Å². The highest BCUT2D eigenvalue weighted by Crippen LogP contribution is 2.56. The van der Waals surface area contributed by atoms with Gasteiger partial charge in [0.25, 0.3) is 5.97 Å². The third kappa shape index (κ3) is 1.91. The summed E-state index contributed by atoms with van der Waals surface area (Å²) in [7, 11) is 0.200. The summed E-state index contributed by atoms with van der Waals surface area (Å²) in [6, 6.07) is 0. The van der Waals surface area contributed by atoms with Crippen molar-refractivity contribution in [1.29, 1.82) is 0 Å². The zero-order chi connectivity index (χ0) is 12.6. The van der Waals surface area contributed by atoms with Gasteiger partial charge in [0.2, 0.25) is 0 Å². The molecule has 2 radical (unpaired) electrons. The molecule has 5 nitrogen and oxygen atoms in total. The number of hydrogen-bond donors (Lipinski definition) is 0. The lowest BCUT2D eigenvalue weighted by Crippen LogP contribution is -2.60. The predicted octanol–water partition coefficient (Wildman–Crippen LogP) is 0.267. The standard InChI is InChI=1S/C12H18O5Si/c1-8(13)17-18-12(9-2-14-3-9,10-4-15-5-10)11-6-16-7-11/h9-11H,2-7H2,1H3. The molecule has 0 spiro atoms. The molecular formula is C12H18O5Si. The number of ether oxygens (including phenoxy) is 3. The van der Waals surface area contributed by atoms with Crippen LogP contribution >= 0.6 is 0 Å². The van der Waals surface area contributed by atoms with E-state index in [0.717, 1.165) is 39.6 Å². The van der Waals surface area contributed by atoms with E-state index in [-0.39, 0.29) is 20.8 Å². The topological polar surface area (TPSA) is 54.0 Å². The first-order valence-electron chi connectivity index (χ1n) is 6.41. The summed E-state index contributed by atoms with van der Waals surface area (Å²) in [5.41, 5.74) is 0. The minimum atomic E-state index is -0.196. The van der Waals surface area contributed by atoms with Gasteiger partial charge in [0.15, 0.2) is 0 Å². The summed E-state index contributed by atoms with van der Waals surface area (Å²) in [5, 5.41) is 0.0282. The lowest BCUT2D eigenvalue weighted by Gasteiger charge is -2.56. The van der Waals surface area contributed by atoms with Gasteiger partial charge in [-0.25, -0.2) is 0 Å². The molecule has 0 atom stereocenters. The quantitative estimate of drug-likeness (QED) is 0.671. The van der Waals surface area contributed by atoms with E-state index in [2.05, 4.69) is 0 Å². The molecule has 6 heteroatoms. The van der Waals surface area contributed by atoms with E-state index in [9.17, 15) is 4.79 Å². The smallest absolute Gasteiger partial charge is 0.323 e. The Morgan fingerprint density at radius 1 is 1.00 bits per heavy atom. The van der Waals surface area contributed by atoms with Gasteiger partial charge < -0.3 is 18.6 Å². The summed E-state index contributed by atoms with van der Waals surface area (Å²) < 4.78 is 21.5. The lowest BCUT2D eigenvalue weighted by molar-refractivity contribution is -0.178. The highest BCUT2D eigenvalue weighted by molar-refractivity contribution is 6.35. The van der Waals surface area contributed by atoms with Crippen molar-refractivity contribution in [3.8, 4) is 0 Å². The van der Waals surface area contributed by atoms with Crippen molar-refractivity contribution in [2.75, 3.05) is 39.6 Å². The zero-order valence-corrected chi connectivity index (χ0v) is 11.5. The van der Waals surface area contributed by atoms with Gasteiger partial charge in [0.1, 0.15) is 0 Å². The lowest BCUT2D eigenvalue weighted by atomic mass is 9.69. The van der Waals surface area contributed by atoms with E-state index >= 15 is 0 Å². The van der Waals surface area contributed by atoms with Crippen molar-refractivity contribution < 1.29 is 23.4 Å². The molecule has 3 saturated heterocycles. The van der Waals surface area contributed by atoms with E-state index in [1.54, 1.807) is 0 Å². The maximum absolute atomic E-state index is 11.2. The van der Waals surface area contributed by atoms with Gasteiger partial charge in [0, 0.05) is 29.7 Å². The third-order valence-corrected chi connectivity index (χ3v) is 6.28. The van der Waals surface area contributed by atoms with Crippen LogP contribution in [0.2, 0.25) is 5.04 Å². The highest BCUT2D eigenvalue weighted by atomic mass is 28.2. The Hall–Kier alpha value is -0.433. The molecule has 3 heterocycles. The van der Waals surface area contributed by atoms with Crippen molar-refractivity contribution in [3.63, 3.8) is 0 Å². The SMILES string of the molecule is CC(=O)O[Si]C(C1COC1)(C1COC1)C1COC1. The molecule has 0 bridgehead atoms. The Bertz CT molecular complexity index is 286. The number of hydrogen-bond acceptors (Lipinski definition) is 5. The van der Waals surface area contributed by atoms with E-state index < -0.39 is 0 Å². The number of carbonyl (C=O) groups excluding carboxylic acids is 1. The molecule has 0 unspecified atom stereocenters. The van der Waals surface area contributed by atoms with Crippen molar-refractivity contribution in [3.05, 3.63) is 0 Å². The van der Waals surface area contributed by atoms with Crippen molar-refractivity contribution in [2.24, 2.45) is 17.8 Å². The first-order valence-corrected chi connectivity index (χ1v) is 7.32. The fraction of sp³-hybridized carbons (Fsp3) is 0.917. The van der Waals surface area contributed by atoms with E-state index in [1.165, 1.54) is 6.92 Å². The van der Waals surface area contributed by atoms with Gasteiger partial charge >= 0.3 is 9.76 Å². The average Bonchev–Trinajstić information content (AvgIpc) is 2.05. The molecule has 3 aliphatic heterocycles. The normalized spacial score (nSPS) is 26.1. The van der Waals surface area contributed by atoms with Gasteiger partial charge in [-0.05, 0) is 0 Å². The molecule has 0 aromatic heterocycles. The number of rotatable bonds is 5. The van der Waals surface area contributed by atoms with Gasteiger partial charge in [-0.1, -0.05) is 0 Å². The fourth-order valence-electron chi connectivity index (χ4n) is 2.94. The second-order valence-corrected chi connectivity index (χ2v) is 6.61. The predicted molar refractivity (Wildman–Crippen MR) is 63.1 cm³/mol. The van der Waals surface area contributed by atoms with E-state index in [0.29, 0.717) is 17.8 Å². The van der Waals surface area contributed by atoms with Crippen LogP contribution in [0.4, 0.5) is 0 Å². The van der Waals surface area contributed by atoms with Crippen LogP contribution < -0.4 is 0 Å². The summed E-state index contributed by atoms with van der Waals surface area (Å²) in [6.07, 6.45) is 0. The van der Waals surface area contributed by atoms with Crippen molar-refractivity contribution in [1.82, 2.24) is 0 Å². The molecule has 3 fully saturated rings. The van der Waals surface area contributed by atoms with Crippen LogP contribution in [0.5, 0.6) is 0 Å². The minimum absolute atomic E-state index is 0.0282. The zero-order valence-electron chi connectivity index (χ0n) is 10.5. The molecule has 3 aliphatic rings. The summed E-state index contributed by atoms with van der Waals surface area (Å²) in [6.45, 7) is 6.15. The van der Waals surface area contributed by atoms with Crippen LogP contribution in [0.15, 0.2) is 0 Å². The van der Waals surface area contributed by atoms with Gasteiger partial charge in [-0.15, -0.1) is 0 Å². The molecule has 0 amide bonds. The maximum atomic E-state index is 11.2.